The lowest BCUT2D eigenvalue weighted by Crippen LogP contribution is -2.43. The molecule has 34 heavy (non-hydrogen) atoms. The minimum atomic E-state index is -0.618. The van der Waals surface area contributed by atoms with Crippen molar-refractivity contribution in [3.63, 3.8) is 0 Å². The molecule has 1 saturated heterocycles. The van der Waals surface area contributed by atoms with Crippen molar-refractivity contribution in [1.29, 1.82) is 5.26 Å². The first kappa shape index (κ1) is 21.8. The van der Waals surface area contributed by atoms with Crippen LogP contribution < -0.4 is 15.5 Å². The Morgan fingerprint density at radius 2 is 1.94 bits per heavy atom. The van der Waals surface area contributed by atoms with Crippen LogP contribution in [0.3, 0.4) is 0 Å². The highest BCUT2D eigenvalue weighted by Crippen LogP contribution is 2.26. The molecule has 1 atom stereocenters. The molecule has 8 nitrogen and oxygen atoms in total. The summed E-state index contributed by atoms with van der Waals surface area (Å²) in [5, 5.41) is 16.3. The number of piperazine rings is 1. The fourth-order valence-electron chi connectivity index (χ4n) is 4.25. The SMILES string of the molecule is C[C@H](Nc1ncc(C#N)c(-c2cnc3c(CF)cccn23)n1)c1ccc(N2CCNCC2)cc1. The lowest BCUT2D eigenvalue weighted by molar-refractivity contribution is 0.486. The summed E-state index contributed by atoms with van der Waals surface area (Å²) in [6.45, 7) is 5.44. The van der Waals surface area contributed by atoms with Gasteiger partial charge < -0.3 is 15.5 Å². The number of benzene rings is 1. The maximum atomic E-state index is 13.4. The molecule has 5 rings (SSSR count). The fourth-order valence-corrected chi connectivity index (χ4v) is 4.25. The zero-order valence-corrected chi connectivity index (χ0v) is 18.9. The third-order valence-electron chi connectivity index (χ3n) is 6.13. The first-order valence-electron chi connectivity index (χ1n) is 11.3. The van der Waals surface area contributed by atoms with Crippen LogP contribution in [0.25, 0.3) is 17.0 Å². The quantitative estimate of drug-likeness (QED) is 0.457. The molecule has 0 amide bonds. The van der Waals surface area contributed by atoms with Crippen molar-refractivity contribution < 1.29 is 4.39 Å². The number of anilines is 2. The molecule has 0 radical (unpaired) electrons. The van der Waals surface area contributed by atoms with Crippen LogP contribution in [0, 0.1) is 11.3 Å². The van der Waals surface area contributed by atoms with E-state index in [4.69, 9.17) is 0 Å². The Labute approximate surface area is 197 Å². The first-order chi connectivity index (χ1) is 16.7. The van der Waals surface area contributed by atoms with Crippen molar-refractivity contribution in [2.24, 2.45) is 0 Å². The number of nitrogens with one attached hydrogen (secondary N) is 2. The number of alkyl halides is 1. The molecule has 0 bridgehead atoms. The number of pyridine rings is 1. The standard InChI is InChI=1S/C25H25FN8/c1-17(18-4-6-21(7-5-18)33-11-8-28-9-12-33)31-25-30-15-20(14-27)23(32-25)22-16-29-24-19(13-26)3-2-10-34(22)24/h2-7,10,15-17,28H,8-9,11-13H2,1H3,(H,30,31,32)/t17-/m0/s1. The van der Waals surface area contributed by atoms with Gasteiger partial charge >= 0.3 is 0 Å². The monoisotopic (exact) mass is 456 g/mol. The summed E-state index contributed by atoms with van der Waals surface area (Å²) in [4.78, 5) is 15.7. The molecule has 172 valence electrons. The van der Waals surface area contributed by atoms with Crippen LogP contribution in [0.4, 0.5) is 16.0 Å². The van der Waals surface area contributed by atoms with E-state index in [1.54, 1.807) is 28.9 Å². The van der Waals surface area contributed by atoms with Crippen molar-refractivity contribution in [2.75, 3.05) is 36.4 Å². The summed E-state index contributed by atoms with van der Waals surface area (Å²) in [6, 6.07) is 14.1. The number of imidazole rings is 1. The van der Waals surface area contributed by atoms with Gasteiger partial charge in [-0.2, -0.15) is 5.26 Å². The van der Waals surface area contributed by atoms with E-state index < -0.39 is 6.67 Å². The molecule has 9 heteroatoms. The van der Waals surface area contributed by atoms with Gasteiger partial charge in [-0.1, -0.05) is 18.2 Å². The van der Waals surface area contributed by atoms with Crippen molar-refractivity contribution in [1.82, 2.24) is 24.7 Å². The van der Waals surface area contributed by atoms with Crippen molar-refractivity contribution in [2.45, 2.75) is 19.6 Å². The van der Waals surface area contributed by atoms with Gasteiger partial charge in [0.05, 0.1) is 29.7 Å². The first-order valence-corrected chi connectivity index (χ1v) is 11.3. The fraction of sp³-hybridized carbons (Fsp3) is 0.280. The molecule has 2 N–H and O–H groups in total. The highest BCUT2D eigenvalue weighted by molar-refractivity contribution is 5.68. The van der Waals surface area contributed by atoms with Gasteiger partial charge in [0.25, 0.3) is 0 Å². The Morgan fingerprint density at radius 1 is 1.15 bits per heavy atom. The second kappa shape index (κ2) is 9.45. The van der Waals surface area contributed by atoms with Gasteiger partial charge in [-0.15, -0.1) is 0 Å². The van der Waals surface area contributed by atoms with E-state index in [9.17, 15) is 9.65 Å². The molecular weight excluding hydrogens is 431 g/mol. The number of aromatic nitrogens is 4. The van der Waals surface area contributed by atoms with Crippen molar-refractivity contribution in [3.05, 3.63) is 71.7 Å². The predicted molar refractivity (Wildman–Crippen MR) is 129 cm³/mol. The summed E-state index contributed by atoms with van der Waals surface area (Å²) in [5.74, 6) is 0.407. The number of hydrogen-bond acceptors (Lipinski definition) is 7. The molecule has 0 aliphatic carbocycles. The van der Waals surface area contributed by atoms with E-state index in [1.165, 1.54) is 11.9 Å². The van der Waals surface area contributed by atoms with Crippen LogP contribution >= 0.6 is 0 Å². The molecule has 3 aromatic heterocycles. The minimum absolute atomic E-state index is 0.0433. The number of halogens is 1. The molecule has 1 fully saturated rings. The molecule has 4 heterocycles. The topological polar surface area (TPSA) is 94.2 Å². The van der Waals surface area contributed by atoms with Crippen LogP contribution in [-0.2, 0) is 6.67 Å². The van der Waals surface area contributed by atoms with Gasteiger partial charge in [-0.3, -0.25) is 4.40 Å². The highest BCUT2D eigenvalue weighted by Gasteiger charge is 2.17. The second-order valence-corrected chi connectivity index (χ2v) is 8.27. The maximum absolute atomic E-state index is 13.4. The van der Waals surface area contributed by atoms with Crippen LogP contribution in [-0.4, -0.2) is 45.5 Å². The molecule has 0 unspecified atom stereocenters. The number of fused-ring (bicyclic) bond motifs is 1. The van der Waals surface area contributed by atoms with Crippen LogP contribution in [0.15, 0.2) is 55.0 Å². The molecule has 1 aliphatic heterocycles. The van der Waals surface area contributed by atoms with E-state index in [0.29, 0.717) is 34.1 Å². The van der Waals surface area contributed by atoms with Crippen LogP contribution in [0.1, 0.15) is 29.7 Å². The van der Waals surface area contributed by atoms with Gasteiger partial charge in [0, 0.05) is 43.6 Å². The Hall–Kier alpha value is -4.03. The largest absolute Gasteiger partial charge is 0.369 e. The summed E-state index contributed by atoms with van der Waals surface area (Å²) in [5.41, 5.74) is 4.70. The molecule has 4 aromatic rings. The molecule has 0 spiro atoms. The Bertz CT molecular complexity index is 1340. The van der Waals surface area contributed by atoms with Gasteiger partial charge in [-0.05, 0) is 30.7 Å². The maximum Gasteiger partial charge on any atom is 0.223 e. The summed E-state index contributed by atoms with van der Waals surface area (Å²) in [6.07, 6.45) is 4.90. The minimum Gasteiger partial charge on any atom is -0.369 e. The van der Waals surface area contributed by atoms with E-state index in [0.717, 1.165) is 31.7 Å². The summed E-state index contributed by atoms with van der Waals surface area (Å²) in [7, 11) is 0. The zero-order chi connectivity index (χ0) is 23.5. The molecular formula is C25H25FN8. The van der Waals surface area contributed by atoms with Crippen LogP contribution in [0.2, 0.25) is 0 Å². The van der Waals surface area contributed by atoms with Gasteiger partial charge in [0.2, 0.25) is 5.95 Å². The molecule has 0 saturated carbocycles. The van der Waals surface area contributed by atoms with Gasteiger partial charge in [0.15, 0.2) is 0 Å². The lowest BCUT2D eigenvalue weighted by Gasteiger charge is -2.29. The zero-order valence-electron chi connectivity index (χ0n) is 18.9. The van der Waals surface area contributed by atoms with E-state index in [-0.39, 0.29) is 6.04 Å². The highest BCUT2D eigenvalue weighted by atomic mass is 19.1. The lowest BCUT2D eigenvalue weighted by atomic mass is 10.1. The number of nitrogens with zero attached hydrogens (tertiary/aromatic N) is 6. The van der Waals surface area contributed by atoms with Crippen molar-refractivity contribution >= 4 is 17.3 Å². The van der Waals surface area contributed by atoms with Crippen LogP contribution in [0.5, 0.6) is 0 Å². The molecule has 1 aromatic carbocycles. The predicted octanol–water partition coefficient (Wildman–Crippen LogP) is 3.72. The third-order valence-corrected chi connectivity index (χ3v) is 6.13. The second-order valence-electron chi connectivity index (χ2n) is 8.27. The number of hydrogen-bond donors (Lipinski definition) is 2. The van der Waals surface area contributed by atoms with Crippen molar-refractivity contribution in [3.8, 4) is 17.5 Å². The molecule has 1 aliphatic rings. The Morgan fingerprint density at radius 3 is 2.68 bits per heavy atom. The Balaban J connectivity index is 1.40. The van der Waals surface area contributed by atoms with E-state index in [2.05, 4.69) is 60.8 Å². The van der Waals surface area contributed by atoms with E-state index >= 15 is 0 Å². The third kappa shape index (κ3) is 4.16. The normalized spacial score (nSPS) is 14.7. The van der Waals surface area contributed by atoms with Gasteiger partial charge in [-0.25, -0.2) is 19.3 Å². The Kier molecular flexibility index (Phi) is 6.06. The average molecular weight is 457 g/mol. The summed E-state index contributed by atoms with van der Waals surface area (Å²) < 4.78 is 15.1. The van der Waals surface area contributed by atoms with Gasteiger partial charge in [0.1, 0.15) is 24.1 Å². The van der Waals surface area contributed by atoms with E-state index in [1.807, 2.05) is 6.92 Å². The number of nitriles is 1. The smallest absolute Gasteiger partial charge is 0.223 e. The summed E-state index contributed by atoms with van der Waals surface area (Å²) >= 11 is 0. The number of rotatable bonds is 6. The average Bonchev–Trinajstić information content (AvgIpc) is 3.33.